The van der Waals surface area contributed by atoms with Crippen molar-refractivity contribution in [2.24, 2.45) is 4.99 Å². The van der Waals surface area contributed by atoms with E-state index in [-0.39, 0.29) is 12.4 Å². The number of hydrogen-bond donors (Lipinski definition) is 1. The SMILES string of the molecule is CCc1cc(NC(=O)CN2C=NC3C2C(=O)N(Cc2cc(C)on2)C(=O)N3C)nc(C(F)(F)F)c1. The third kappa shape index (κ3) is 4.81. The molecule has 35 heavy (non-hydrogen) atoms. The summed E-state index contributed by atoms with van der Waals surface area (Å²) in [5, 5.41) is 6.17. The van der Waals surface area contributed by atoms with Gasteiger partial charge in [0.25, 0.3) is 5.91 Å². The predicted molar refractivity (Wildman–Crippen MR) is 115 cm³/mol. The van der Waals surface area contributed by atoms with Crippen molar-refractivity contribution in [1.29, 1.82) is 0 Å². The number of halogens is 3. The molecule has 1 fully saturated rings. The van der Waals surface area contributed by atoms with Gasteiger partial charge >= 0.3 is 12.2 Å². The van der Waals surface area contributed by atoms with Gasteiger partial charge in [0, 0.05) is 13.1 Å². The van der Waals surface area contributed by atoms with Crippen molar-refractivity contribution in [3.8, 4) is 0 Å². The molecule has 4 heterocycles. The van der Waals surface area contributed by atoms with Crippen LogP contribution in [-0.4, -0.2) is 74.8 Å². The molecule has 2 aromatic rings. The van der Waals surface area contributed by atoms with Gasteiger partial charge in [-0.15, -0.1) is 0 Å². The molecule has 2 aliphatic rings. The maximum atomic E-state index is 13.2. The Morgan fingerprint density at radius 1 is 1.23 bits per heavy atom. The van der Waals surface area contributed by atoms with Crippen LogP contribution in [0.3, 0.4) is 0 Å². The van der Waals surface area contributed by atoms with Crippen LogP contribution >= 0.6 is 0 Å². The lowest BCUT2D eigenvalue weighted by Crippen LogP contribution is -2.64. The number of urea groups is 1. The van der Waals surface area contributed by atoms with E-state index in [0.717, 1.165) is 11.0 Å². The van der Waals surface area contributed by atoms with Crippen molar-refractivity contribution in [2.75, 3.05) is 18.9 Å². The number of anilines is 1. The molecule has 0 bridgehead atoms. The van der Waals surface area contributed by atoms with E-state index in [1.807, 2.05) is 0 Å². The molecule has 1 N–H and O–H groups in total. The Morgan fingerprint density at radius 3 is 2.60 bits per heavy atom. The molecule has 0 saturated carbocycles. The molecule has 2 aliphatic heterocycles. The lowest BCUT2D eigenvalue weighted by atomic mass is 10.1. The predicted octanol–water partition coefficient (Wildman–Crippen LogP) is 2.03. The summed E-state index contributed by atoms with van der Waals surface area (Å²) in [5.41, 5.74) is -0.385. The van der Waals surface area contributed by atoms with Crippen LogP contribution in [0.25, 0.3) is 0 Å². The number of aromatic nitrogens is 2. The van der Waals surface area contributed by atoms with Crippen molar-refractivity contribution in [2.45, 2.75) is 45.2 Å². The Hall–Kier alpha value is -3.97. The van der Waals surface area contributed by atoms with E-state index in [0.29, 0.717) is 23.4 Å². The van der Waals surface area contributed by atoms with E-state index in [9.17, 15) is 27.6 Å². The zero-order valence-corrected chi connectivity index (χ0v) is 19.0. The number of carbonyl (C=O) groups excluding carboxylic acids is 3. The smallest absolute Gasteiger partial charge is 0.361 e. The lowest BCUT2D eigenvalue weighted by molar-refractivity contribution is -0.141. The van der Waals surface area contributed by atoms with Crippen LogP contribution in [0, 0.1) is 6.92 Å². The number of aryl methyl sites for hydroxylation is 2. The number of fused-ring (bicyclic) bond motifs is 1. The van der Waals surface area contributed by atoms with Crippen LogP contribution in [0.2, 0.25) is 0 Å². The summed E-state index contributed by atoms with van der Waals surface area (Å²) in [6.45, 7) is 2.83. The second kappa shape index (κ2) is 9.00. The van der Waals surface area contributed by atoms with E-state index < -0.39 is 48.5 Å². The first-order valence-electron chi connectivity index (χ1n) is 10.7. The van der Waals surface area contributed by atoms with Crippen molar-refractivity contribution in [1.82, 2.24) is 24.8 Å². The van der Waals surface area contributed by atoms with Crippen molar-refractivity contribution >= 4 is 30.0 Å². The third-order valence-electron chi connectivity index (χ3n) is 5.63. The number of nitrogens with one attached hydrogen (secondary N) is 1. The van der Waals surface area contributed by atoms with Gasteiger partial charge in [-0.05, 0) is 31.0 Å². The number of hydrogen-bond acceptors (Lipinski definition) is 8. The molecule has 0 radical (unpaired) electrons. The number of amides is 4. The van der Waals surface area contributed by atoms with Crippen molar-refractivity contribution in [3.63, 3.8) is 0 Å². The molecule has 0 aliphatic carbocycles. The highest BCUT2D eigenvalue weighted by Gasteiger charge is 2.50. The fourth-order valence-corrected chi connectivity index (χ4v) is 3.91. The highest BCUT2D eigenvalue weighted by Crippen LogP contribution is 2.30. The third-order valence-corrected chi connectivity index (χ3v) is 5.63. The summed E-state index contributed by atoms with van der Waals surface area (Å²) in [5.74, 6) is -1.02. The van der Waals surface area contributed by atoms with Gasteiger partial charge in [-0.2, -0.15) is 13.2 Å². The standard InChI is InChI=1S/C21H22F3N7O4/c1-4-12-6-14(21(22,23)24)26-15(7-12)27-16(32)9-30-10-25-18-17(30)19(33)31(20(34)29(18)3)8-13-5-11(2)35-28-13/h5-7,10,17-18H,4,8-9H2,1-3H3,(H,26,27,32). The van der Waals surface area contributed by atoms with Crippen molar-refractivity contribution in [3.05, 3.63) is 40.9 Å². The Morgan fingerprint density at radius 2 is 1.97 bits per heavy atom. The van der Waals surface area contributed by atoms with Crippen LogP contribution in [0.15, 0.2) is 27.7 Å². The monoisotopic (exact) mass is 493 g/mol. The van der Waals surface area contributed by atoms with Crippen LogP contribution in [0.4, 0.5) is 23.8 Å². The summed E-state index contributed by atoms with van der Waals surface area (Å²) in [7, 11) is 1.48. The minimum absolute atomic E-state index is 0.128. The van der Waals surface area contributed by atoms with Gasteiger partial charge < -0.3 is 19.6 Å². The Bertz CT molecular complexity index is 1200. The van der Waals surface area contributed by atoms with Gasteiger partial charge in [0.1, 0.15) is 23.0 Å². The second-order valence-corrected chi connectivity index (χ2v) is 8.19. The summed E-state index contributed by atoms with van der Waals surface area (Å²) < 4.78 is 44.5. The topological polar surface area (TPSA) is 124 Å². The molecular formula is C21H22F3N7O4. The van der Waals surface area contributed by atoms with Gasteiger partial charge in [-0.3, -0.25) is 14.5 Å². The summed E-state index contributed by atoms with van der Waals surface area (Å²) >= 11 is 0. The lowest BCUT2D eigenvalue weighted by Gasteiger charge is -2.40. The summed E-state index contributed by atoms with van der Waals surface area (Å²) in [4.78, 5) is 49.9. The first-order valence-corrected chi connectivity index (χ1v) is 10.7. The van der Waals surface area contributed by atoms with Crippen LogP contribution in [0.1, 0.15) is 29.6 Å². The zero-order valence-electron chi connectivity index (χ0n) is 19.0. The van der Waals surface area contributed by atoms with Crippen LogP contribution < -0.4 is 5.32 Å². The zero-order chi connectivity index (χ0) is 25.5. The first-order chi connectivity index (χ1) is 16.5. The molecular weight excluding hydrogens is 471 g/mol. The average Bonchev–Trinajstić information content (AvgIpc) is 3.40. The highest BCUT2D eigenvalue weighted by molar-refractivity contribution is 6.03. The Balaban J connectivity index is 1.49. The van der Waals surface area contributed by atoms with E-state index >= 15 is 0 Å². The Labute approximate surface area is 197 Å². The van der Waals surface area contributed by atoms with Crippen molar-refractivity contribution < 1.29 is 32.1 Å². The fourth-order valence-electron chi connectivity index (χ4n) is 3.91. The second-order valence-electron chi connectivity index (χ2n) is 8.19. The van der Waals surface area contributed by atoms with Gasteiger partial charge in [0.05, 0.1) is 19.4 Å². The van der Waals surface area contributed by atoms with Crippen LogP contribution in [-0.2, 0) is 28.7 Å². The molecule has 1 saturated heterocycles. The maximum absolute atomic E-state index is 13.2. The number of pyridine rings is 1. The molecule has 2 aromatic heterocycles. The molecule has 2 unspecified atom stereocenters. The molecule has 4 rings (SSSR count). The molecule has 0 spiro atoms. The minimum Gasteiger partial charge on any atom is -0.361 e. The number of imide groups is 1. The molecule has 11 nitrogen and oxygen atoms in total. The van der Waals surface area contributed by atoms with E-state index in [2.05, 4.69) is 20.4 Å². The Kier molecular flexibility index (Phi) is 6.21. The van der Waals surface area contributed by atoms with Crippen LogP contribution in [0.5, 0.6) is 0 Å². The molecule has 4 amide bonds. The van der Waals surface area contributed by atoms with E-state index in [4.69, 9.17) is 4.52 Å². The number of rotatable bonds is 6. The number of likely N-dealkylation sites (N-methyl/N-ethyl adjacent to an activating group) is 1. The number of alkyl halides is 3. The largest absolute Gasteiger partial charge is 0.433 e. The van der Waals surface area contributed by atoms with Gasteiger partial charge in [0.15, 0.2) is 12.2 Å². The summed E-state index contributed by atoms with van der Waals surface area (Å²) in [6, 6.07) is 2.30. The molecule has 2 atom stereocenters. The molecule has 0 aromatic carbocycles. The minimum atomic E-state index is -4.67. The normalized spacial score (nSPS) is 20.0. The highest BCUT2D eigenvalue weighted by atomic mass is 19.4. The molecule has 186 valence electrons. The number of aliphatic imine (C=N–C) groups is 1. The average molecular weight is 493 g/mol. The molecule has 14 heteroatoms. The fraction of sp³-hybridized carbons (Fsp3) is 0.429. The summed E-state index contributed by atoms with van der Waals surface area (Å²) in [6.07, 6.45) is -3.93. The van der Waals surface area contributed by atoms with Gasteiger partial charge in [-0.25, -0.2) is 14.8 Å². The quantitative estimate of drug-likeness (QED) is 0.653. The first kappa shape index (κ1) is 24.2. The van der Waals surface area contributed by atoms with Gasteiger partial charge in [-0.1, -0.05) is 12.1 Å². The van der Waals surface area contributed by atoms with E-state index in [1.54, 1.807) is 19.9 Å². The number of carbonyl (C=O) groups is 3. The number of nitrogens with zero attached hydrogens (tertiary/aromatic N) is 6. The van der Waals surface area contributed by atoms with Gasteiger partial charge in [0.2, 0.25) is 5.91 Å². The maximum Gasteiger partial charge on any atom is 0.433 e. The van der Waals surface area contributed by atoms with E-state index in [1.165, 1.54) is 29.3 Å².